The standard InChI is InChI=1S/C27H21F2NO2S/c28-21-9-7-19(8-10-21)24-12-11-22(16-25(24)29)32-27(31)5-3-1-2-4-18-6-13-26-20(14-18)15-23(17-30)33-26/h6-16H,1-5H2. The molecule has 0 saturated carbocycles. The first kappa shape index (κ1) is 22.6. The second-order valence-corrected chi connectivity index (χ2v) is 8.86. The summed E-state index contributed by atoms with van der Waals surface area (Å²) >= 11 is 1.49. The van der Waals surface area contributed by atoms with Gasteiger partial charge in [-0.15, -0.1) is 11.3 Å². The summed E-state index contributed by atoms with van der Waals surface area (Å²) in [5.41, 5.74) is 2.08. The molecule has 0 unspecified atom stereocenters. The summed E-state index contributed by atoms with van der Waals surface area (Å²) < 4.78 is 33.9. The molecule has 0 aliphatic heterocycles. The number of unbranched alkanes of at least 4 members (excludes halogenated alkanes) is 2. The Morgan fingerprint density at radius 3 is 2.52 bits per heavy atom. The number of nitriles is 1. The molecular formula is C27H21F2NO2S. The van der Waals surface area contributed by atoms with Gasteiger partial charge in [0.15, 0.2) is 0 Å². The number of ether oxygens (including phenoxy) is 1. The van der Waals surface area contributed by atoms with Gasteiger partial charge in [-0.05, 0) is 72.2 Å². The summed E-state index contributed by atoms with van der Waals surface area (Å²) in [7, 11) is 0. The van der Waals surface area contributed by atoms with E-state index in [9.17, 15) is 13.6 Å². The van der Waals surface area contributed by atoms with E-state index in [-0.39, 0.29) is 18.0 Å². The van der Waals surface area contributed by atoms with Crippen LogP contribution in [0, 0.1) is 23.0 Å². The smallest absolute Gasteiger partial charge is 0.311 e. The predicted octanol–water partition coefficient (Wildman–Crippen LogP) is 7.43. The SMILES string of the molecule is N#Cc1cc2cc(CCCCCC(=O)Oc3ccc(-c4ccc(F)cc4)c(F)c3)ccc2s1. The summed E-state index contributed by atoms with van der Waals surface area (Å²) in [6, 6.07) is 20.1. The molecule has 0 spiro atoms. The second kappa shape index (κ2) is 10.4. The number of carbonyl (C=O) groups excluding carboxylic acids is 1. The van der Waals surface area contributed by atoms with Gasteiger partial charge < -0.3 is 4.74 Å². The van der Waals surface area contributed by atoms with Gasteiger partial charge in [-0.1, -0.05) is 30.7 Å². The molecule has 4 rings (SSSR count). The Kier molecular flexibility index (Phi) is 7.11. The third-order valence-corrected chi connectivity index (χ3v) is 6.39. The van der Waals surface area contributed by atoms with E-state index >= 15 is 0 Å². The quantitative estimate of drug-likeness (QED) is 0.156. The fraction of sp³-hybridized carbons (Fsp3) is 0.185. The number of hydrogen-bond donors (Lipinski definition) is 0. The maximum atomic E-state index is 14.4. The van der Waals surface area contributed by atoms with Crippen molar-refractivity contribution in [2.24, 2.45) is 0 Å². The third-order valence-electron chi connectivity index (χ3n) is 5.36. The van der Waals surface area contributed by atoms with Crippen LogP contribution in [0.2, 0.25) is 0 Å². The van der Waals surface area contributed by atoms with E-state index in [1.165, 1.54) is 59.4 Å². The Labute approximate surface area is 194 Å². The first-order chi connectivity index (χ1) is 16.0. The van der Waals surface area contributed by atoms with Gasteiger partial charge in [0.1, 0.15) is 28.3 Å². The van der Waals surface area contributed by atoms with E-state index in [1.54, 1.807) is 0 Å². The van der Waals surface area contributed by atoms with E-state index in [1.807, 2.05) is 12.1 Å². The van der Waals surface area contributed by atoms with Gasteiger partial charge in [0.2, 0.25) is 0 Å². The van der Waals surface area contributed by atoms with Crippen molar-refractivity contribution in [3.8, 4) is 22.9 Å². The number of fused-ring (bicyclic) bond motifs is 1. The van der Waals surface area contributed by atoms with Crippen LogP contribution in [0.3, 0.4) is 0 Å². The van der Waals surface area contributed by atoms with Gasteiger partial charge in [-0.2, -0.15) is 5.26 Å². The van der Waals surface area contributed by atoms with Crippen LogP contribution >= 0.6 is 11.3 Å². The van der Waals surface area contributed by atoms with Gasteiger partial charge in [0, 0.05) is 22.8 Å². The molecule has 4 aromatic rings. The van der Waals surface area contributed by atoms with E-state index in [0.717, 1.165) is 29.3 Å². The molecule has 0 N–H and O–H groups in total. The lowest BCUT2D eigenvalue weighted by atomic mass is 10.0. The van der Waals surface area contributed by atoms with Crippen molar-refractivity contribution in [3.05, 3.63) is 88.8 Å². The molecule has 6 heteroatoms. The van der Waals surface area contributed by atoms with Crippen LogP contribution in [0.15, 0.2) is 66.7 Å². The third kappa shape index (κ3) is 5.82. The number of esters is 1. The molecule has 0 atom stereocenters. The zero-order valence-corrected chi connectivity index (χ0v) is 18.6. The number of aryl methyl sites for hydroxylation is 1. The Morgan fingerprint density at radius 1 is 0.939 bits per heavy atom. The highest BCUT2D eigenvalue weighted by atomic mass is 32.1. The molecule has 0 aliphatic carbocycles. The summed E-state index contributed by atoms with van der Waals surface area (Å²) in [6.07, 6.45) is 3.66. The average molecular weight is 462 g/mol. The lowest BCUT2D eigenvalue weighted by molar-refractivity contribution is -0.134. The first-order valence-corrected chi connectivity index (χ1v) is 11.5. The number of carbonyl (C=O) groups is 1. The molecule has 0 amide bonds. The molecule has 166 valence electrons. The van der Waals surface area contributed by atoms with Crippen molar-refractivity contribution in [2.75, 3.05) is 0 Å². The summed E-state index contributed by atoms with van der Waals surface area (Å²) in [6.45, 7) is 0. The second-order valence-electron chi connectivity index (χ2n) is 7.78. The Morgan fingerprint density at radius 2 is 1.76 bits per heavy atom. The lowest BCUT2D eigenvalue weighted by Gasteiger charge is -2.08. The van der Waals surface area contributed by atoms with Crippen LogP contribution in [0.25, 0.3) is 21.2 Å². The minimum absolute atomic E-state index is 0.157. The van der Waals surface area contributed by atoms with E-state index in [2.05, 4.69) is 18.2 Å². The molecule has 0 bridgehead atoms. The molecule has 0 aliphatic rings. The van der Waals surface area contributed by atoms with Crippen LogP contribution in [-0.2, 0) is 11.2 Å². The highest BCUT2D eigenvalue weighted by Gasteiger charge is 2.10. The van der Waals surface area contributed by atoms with Gasteiger partial charge in [0.25, 0.3) is 0 Å². The lowest BCUT2D eigenvalue weighted by Crippen LogP contribution is -2.07. The maximum absolute atomic E-state index is 14.4. The van der Waals surface area contributed by atoms with Crippen molar-refractivity contribution in [2.45, 2.75) is 32.1 Å². The molecule has 3 aromatic carbocycles. The Hall–Kier alpha value is -3.56. The highest BCUT2D eigenvalue weighted by molar-refractivity contribution is 7.19. The summed E-state index contributed by atoms with van der Waals surface area (Å²) in [4.78, 5) is 12.8. The van der Waals surface area contributed by atoms with Crippen LogP contribution in [-0.4, -0.2) is 5.97 Å². The summed E-state index contributed by atoms with van der Waals surface area (Å²) in [5, 5.41) is 10.1. The predicted molar refractivity (Wildman–Crippen MR) is 126 cm³/mol. The number of rotatable bonds is 8. The van der Waals surface area contributed by atoms with Crippen LogP contribution in [0.4, 0.5) is 8.78 Å². The van der Waals surface area contributed by atoms with Crippen molar-refractivity contribution >= 4 is 27.4 Å². The number of benzene rings is 3. The van der Waals surface area contributed by atoms with Crippen LogP contribution in [0.1, 0.15) is 36.1 Å². The number of nitrogens with zero attached hydrogens (tertiary/aromatic N) is 1. The molecule has 0 saturated heterocycles. The van der Waals surface area contributed by atoms with E-state index < -0.39 is 11.8 Å². The molecule has 1 aromatic heterocycles. The van der Waals surface area contributed by atoms with Gasteiger partial charge in [-0.3, -0.25) is 4.79 Å². The molecule has 0 fully saturated rings. The number of thiophene rings is 1. The minimum atomic E-state index is -0.531. The van der Waals surface area contributed by atoms with Crippen molar-refractivity contribution in [3.63, 3.8) is 0 Å². The topological polar surface area (TPSA) is 50.1 Å². The van der Waals surface area contributed by atoms with Crippen LogP contribution in [0.5, 0.6) is 5.75 Å². The fourth-order valence-corrected chi connectivity index (χ4v) is 4.52. The maximum Gasteiger partial charge on any atom is 0.311 e. The largest absolute Gasteiger partial charge is 0.426 e. The number of hydrogen-bond acceptors (Lipinski definition) is 4. The molecular weight excluding hydrogens is 440 g/mol. The van der Waals surface area contributed by atoms with Gasteiger partial charge >= 0.3 is 5.97 Å². The normalized spacial score (nSPS) is 10.8. The van der Waals surface area contributed by atoms with E-state index in [4.69, 9.17) is 10.00 Å². The minimum Gasteiger partial charge on any atom is -0.426 e. The molecule has 0 radical (unpaired) electrons. The zero-order valence-electron chi connectivity index (χ0n) is 17.8. The van der Waals surface area contributed by atoms with E-state index in [0.29, 0.717) is 22.4 Å². The Bertz CT molecular complexity index is 1320. The highest BCUT2D eigenvalue weighted by Crippen LogP contribution is 2.28. The Balaban J connectivity index is 1.22. The average Bonchev–Trinajstić information content (AvgIpc) is 3.22. The van der Waals surface area contributed by atoms with Gasteiger partial charge in [-0.25, -0.2) is 8.78 Å². The molecule has 1 heterocycles. The first-order valence-electron chi connectivity index (χ1n) is 10.7. The van der Waals surface area contributed by atoms with Gasteiger partial charge in [0.05, 0.1) is 0 Å². The van der Waals surface area contributed by atoms with Crippen molar-refractivity contribution < 1.29 is 18.3 Å². The zero-order chi connectivity index (χ0) is 23.2. The number of halogens is 2. The van der Waals surface area contributed by atoms with Crippen molar-refractivity contribution in [1.82, 2.24) is 0 Å². The van der Waals surface area contributed by atoms with Crippen LogP contribution < -0.4 is 4.74 Å². The van der Waals surface area contributed by atoms with Crippen molar-refractivity contribution in [1.29, 1.82) is 5.26 Å². The molecule has 3 nitrogen and oxygen atoms in total. The molecule has 33 heavy (non-hydrogen) atoms. The summed E-state index contributed by atoms with van der Waals surface area (Å²) in [5.74, 6) is -1.16. The monoisotopic (exact) mass is 461 g/mol. The fourth-order valence-electron chi connectivity index (χ4n) is 3.68.